The third-order valence-electron chi connectivity index (χ3n) is 11.8. The Morgan fingerprint density at radius 3 is 1.69 bits per heavy atom. The van der Waals surface area contributed by atoms with Crippen molar-refractivity contribution in [2.45, 2.75) is 0 Å². The number of hydrogen-bond acceptors (Lipinski definition) is 2. The molecule has 0 radical (unpaired) electrons. The van der Waals surface area contributed by atoms with Gasteiger partial charge in [-0.1, -0.05) is 121 Å². The summed E-state index contributed by atoms with van der Waals surface area (Å²) in [5.74, 6) is 0.271. The first-order chi connectivity index (χ1) is 29.2. The monoisotopic (exact) mass is 756 g/mol. The van der Waals surface area contributed by atoms with Crippen molar-refractivity contribution < 1.29 is 4.39 Å². The summed E-state index contributed by atoms with van der Waals surface area (Å²) in [6.45, 7) is 0. The molecule has 0 saturated carbocycles. The van der Waals surface area contributed by atoms with Crippen molar-refractivity contribution in [3.8, 4) is 45.1 Å². The molecule has 0 unspecified atom stereocenters. The van der Waals surface area contributed by atoms with E-state index in [0.717, 1.165) is 77.3 Å². The Morgan fingerprint density at radius 1 is 0.356 bits per heavy atom. The molecule has 0 spiro atoms. The second-order valence-corrected chi connectivity index (χ2v) is 15.1. The van der Waals surface area contributed by atoms with Gasteiger partial charge in [0.05, 0.1) is 33.3 Å². The molecular weight excluding hydrogens is 724 g/mol. The molecule has 3 heterocycles. The maximum Gasteiger partial charge on any atom is 0.235 e. The topological polar surface area (TPSA) is 35.6 Å². The van der Waals surface area contributed by atoms with E-state index >= 15 is 0 Å². The SMILES string of the molecule is Fc1ccc(-c2nc(-n3c4ccc(-c5ccc6c(c5)c5ccccc5n6-c5ccccc5)cc4c4c5ccccc5c(-c5ccccc5)cc43)nc3ccccc23)cc1. The number of halogens is 1. The van der Waals surface area contributed by atoms with Gasteiger partial charge in [-0.05, 0) is 112 Å². The lowest BCUT2D eigenvalue weighted by molar-refractivity contribution is 0.628. The fourth-order valence-electron chi connectivity index (χ4n) is 9.13. The fraction of sp³-hybridized carbons (Fsp3) is 0. The lowest BCUT2D eigenvalue weighted by Crippen LogP contribution is -2.03. The molecule has 3 aromatic heterocycles. The summed E-state index contributed by atoms with van der Waals surface area (Å²) in [6.07, 6.45) is 0. The van der Waals surface area contributed by atoms with Gasteiger partial charge in [0.2, 0.25) is 5.95 Å². The van der Waals surface area contributed by atoms with Crippen LogP contribution < -0.4 is 0 Å². The van der Waals surface area contributed by atoms with Gasteiger partial charge < -0.3 is 4.57 Å². The van der Waals surface area contributed by atoms with E-state index in [2.05, 4.69) is 161 Å². The molecular formula is C54H33FN4. The minimum Gasteiger partial charge on any atom is -0.309 e. The minimum atomic E-state index is -0.285. The molecule has 0 fully saturated rings. The Hall–Kier alpha value is -7.89. The molecule has 0 aliphatic rings. The molecule has 59 heavy (non-hydrogen) atoms. The van der Waals surface area contributed by atoms with Crippen LogP contribution in [0.15, 0.2) is 200 Å². The highest BCUT2D eigenvalue weighted by Crippen LogP contribution is 2.43. The van der Waals surface area contributed by atoms with Crippen LogP contribution in [0.1, 0.15) is 0 Å². The third-order valence-corrected chi connectivity index (χ3v) is 11.8. The van der Waals surface area contributed by atoms with Gasteiger partial charge in [0.15, 0.2) is 0 Å². The number of aromatic nitrogens is 4. The van der Waals surface area contributed by atoms with Gasteiger partial charge in [-0.3, -0.25) is 4.57 Å². The van der Waals surface area contributed by atoms with E-state index in [1.807, 2.05) is 24.3 Å². The summed E-state index contributed by atoms with van der Waals surface area (Å²) in [6, 6.07) is 69.0. The van der Waals surface area contributed by atoms with Crippen molar-refractivity contribution in [3.05, 3.63) is 206 Å². The van der Waals surface area contributed by atoms with Gasteiger partial charge in [0, 0.05) is 38.2 Å². The van der Waals surface area contributed by atoms with Crippen LogP contribution in [-0.2, 0) is 0 Å². The van der Waals surface area contributed by atoms with E-state index in [4.69, 9.17) is 9.97 Å². The molecule has 0 saturated heterocycles. The Balaban J connectivity index is 1.15. The number of nitrogens with zero attached hydrogens (tertiary/aromatic N) is 4. The Kier molecular flexibility index (Phi) is 7.38. The van der Waals surface area contributed by atoms with Crippen LogP contribution in [0.4, 0.5) is 4.39 Å². The lowest BCUT2D eigenvalue weighted by Gasteiger charge is -2.13. The van der Waals surface area contributed by atoms with Gasteiger partial charge in [-0.25, -0.2) is 14.4 Å². The van der Waals surface area contributed by atoms with E-state index < -0.39 is 0 Å². The molecule has 0 amide bonds. The third kappa shape index (κ3) is 5.22. The van der Waals surface area contributed by atoms with Crippen molar-refractivity contribution >= 4 is 65.3 Å². The Morgan fingerprint density at radius 2 is 0.932 bits per heavy atom. The average Bonchev–Trinajstić information content (AvgIpc) is 3.81. The van der Waals surface area contributed by atoms with E-state index in [9.17, 15) is 4.39 Å². The van der Waals surface area contributed by atoms with E-state index in [1.54, 1.807) is 12.1 Å². The predicted molar refractivity (Wildman–Crippen MR) is 242 cm³/mol. The summed E-state index contributed by atoms with van der Waals surface area (Å²) in [5, 5.41) is 7.92. The fourth-order valence-corrected chi connectivity index (χ4v) is 9.13. The largest absolute Gasteiger partial charge is 0.309 e. The van der Waals surface area contributed by atoms with Gasteiger partial charge in [0.25, 0.3) is 0 Å². The van der Waals surface area contributed by atoms with Gasteiger partial charge in [-0.2, -0.15) is 0 Å². The number of hydrogen-bond donors (Lipinski definition) is 0. The highest BCUT2D eigenvalue weighted by atomic mass is 19.1. The standard InChI is InChI=1S/C54H33FN4/c55-38-27-23-35(24-28-38)53-43-20-9-11-21-47(43)56-54(57-53)59-50-30-26-37(32-46(50)52-42-19-8-7-17-40(42)44(33-51(52)59)34-13-3-1-4-14-34)36-25-29-49-45(31-36)41-18-10-12-22-48(41)58(49)39-15-5-2-6-16-39/h1-33H. The molecule has 4 nitrogen and oxygen atoms in total. The van der Waals surface area contributed by atoms with Crippen LogP contribution in [0.3, 0.4) is 0 Å². The van der Waals surface area contributed by atoms with Crippen molar-refractivity contribution in [2.75, 3.05) is 0 Å². The van der Waals surface area contributed by atoms with Crippen LogP contribution in [0, 0.1) is 5.82 Å². The second kappa shape index (κ2) is 13.1. The van der Waals surface area contributed by atoms with Crippen LogP contribution in [0.2, 0.25) is 0 Å². The lowest BCUT2D eigenvalue weighted by atomic mass is 9.94. The number of fused-ring (bicyclic) bond motifs is 9. The van der Waals surface area contributed by atoms with Gasteiger partial charge in [0.1, 0.15) is 5.82 Å². The first-order valence-corrected chi connectivity index (χ1v) is 19.9. The summed E-state index contributed by atoms with van der Waals surface area (Å²) in [7, 11) is 0. The van der Waals surface area contributed by atoms with Crippen LogP contribution >= 0.6 is 0 Å². The second-order valence-electron chi connectivity index (χ2n) is 15.1. The number of rotatable bonds is 5. The first kappa shape index (κ1) is 33.3. The minimum absolute atomic E-state index is 0.285. The van der Waals surface area contributed by atoms with Crippen molar-refractivity contribution in [1.82, 2.24) is 19.1 Å². The smallest absolute Gasteiger partial charge is 0.235 e. The van der Waals surface area contributed by atoms with E-state index in [1.165, 1.54) is 39.3 Å². The maximum atomic E-state index is 14.2. The normalized spacial score (nSPS) is 11.8. The van der Waals surface area contributed by atoms with E-state index in [0.29, 0.717) is 5.95 Å². The predicted octanol–water partition coefficient (Wildman–Crippen LogP) is 14.1. The van der Waals surface area contributed by atoms with Crippen LogP contribution in [0.25, 0.3) is 110 Å². The van der Waals surface area contributed by atoms with Crippen molar-refractivity contribution in [1.29, 1.82) is 0 Å². The van der Waals surface area contributed by atoms with Gasteiger partial charge in [-0.15, -0.1) is 0 Å². The quantitative estimate of drug-likeness (QED) is 0.175. The number of benzene rings is 9. The molecule has 12 rings (SSSR count). The molecule has 0 aliphatic heterocycles. The average molecular weight is 757 g/mol. The Labute approximate surface area is 338 Å². The molecule has 0 aliphatic carbocycles. The number of para-hydroxylation sites is 3. The summed E-state index contributed by atoms with van der Waals surface area (Å²) in [4.78, 5) is 10.6. The molecule has 0 bridgehead atoms. The zero-order valence-corrected chi connectivity index (χ0v) is 31.7. The zero-order valence-electron chi connectivity index (χ0n) is 31.7. The molecule has 9 aromatic carbocycles. The van der Waals surface area contributed by atoms with Crippen LogP contribution in [-0.4, -0.2) is 19.1 Å². The first-order valence-electron chi connectivity index (χ1n) is 19.9. The maximum absolute atomic E-state index is 14.2. The molecule has 0 atom stereocenters. The van der Waals surface area contributed by atoms with Crippen molar-refractivity contribution in [2.24, 2.45) is 0 Å². The summed E-state index contributed by atoms with van der Waals surface area (Å²) < 4.78 is 18.8. The zero-order chi connectivity index (χ0) is 39.0. The van der Waals surface area contributed by atoms with Crippen molar-refractivity contribution in [3.63, 3.8) is 0 Å². The summed E-state index contributed by atoms with van der Waals surface area (Å²) >= 11 is 0. The van der Waals surface area contributed by atoms with Crippen LogP contribution in [0.5, 0.6) is 0 Å². The highest BCUT2D eigenvalue weighted by molar-refractivity contribution is 6.25. The molecule has 276 valence electrons. The molecule has 0 N–H and O–H groups in total. The van der Waals surface area contributed by atoms with Gasteiger partial charge >= 0.3 is 0 Å². The van der Waals surface area contributed by atoms with E-state index in [-0.39, 0.29) is 5.82 Å². The molecule has 12 aromatic rings. The summed E-state index contributed by atoms with van der Waals surface area (Å²) in [5.41, 5.74) is 12.4. The Bertz CT molecular complexity index is 3600. The highest BCUT2D eigenvalue weighted by Gasteiger charge is 2.22. The molecule has 5 heteroatoms.